The molecule has 0 unspecified atom stereocenters. The summed E-state index contributed by atoms with van der Waals surface area (Å²) in [6.07, 6.45) is -2.17. The molecule has 6 heteroatoms. The number of amides is 1. The van der Waals surface area contributed by atoms with Crippen LogP contribution in [0.25, 0.3) is 11.1 Å². The number of halogens is 3. The van der Waals surface area contributed by atoms with Crippen molar-refractivity contribution in [3.8, 4) is 11.1 Å². The molecule has 2 aromatic rings. The fraction of sp³-hybridized carbons (Fsp3) is 0.200. The molecule has 0 saturated heterocycles. The van der Waals surface area contributed by atoms with E-state index in [0.29, 0.717) is 29.8 Å². The Morgan fingerprint density at radius 1 is 1.10 bits per heavy atom. The number of alkyl halides is 3. The predicted octanol–water partition coefficient (Wildman–Crippen LogP) is 3.05. The van der Waals surface area contributed by atoms with Crippen LogP contribution in [0.5, 0.6) is 0 Å². The summed E-state index contributed by atoms with van der Waals surface area (Å²) < 4.78 is 37.6. The Morgan fingerprint density at radius 3 is 2.48 bits per heavy atom. The minimum atomic E-state index is -4.34. The van der Waals surface area contributed by atoms with E-state index in [1.54, 1.807) is 0 Å². The first-order valence-electron chi connectivity index (χ1n) is 6.40. The van der Waals surface area contributed by atoms with Gasteiger partial charge in [-0.25, -0.2) is 0 Å². The second-order valence-corrected chi connectivity index (χ2v) is 4.81. The van der Waals surface area contributed by atoms with Gasteiger partial charge in [-0.05, 0) is 35.7 Å². The zero-order valence-corrected chi connectivity index (χ0v) is 10.9. The lowest BCUT2D eigenvalue weighted by Gasteiger charge is -2.16. The van der Waals surface area contributed by atoms with E-state index in [-0.39, 0.29) is 5.91 Å². The third kappa shape index (κ3) is 2.61. The number of pyridine rings is 1. The van der Waals surface area contributed by atoms with Crippen LogP contribution >= 0.6 is 0 Å². The fourth-order valence-electron chi connectivity index (χ4n) is 2.31. The number of hydrogen-bond acceptors (Lipinski definition) is 2. The van der Waals surface area contributed by atoms with Crippen molar-refractivity contribution >= 4 is 5.91 Å². The summed E-state index contributed by atoms with van der Waals surface area (Å²) in [6.45, 7) is 0.546. The maximum absolute atomic E-state index is 12.5. The standard InChI is InChI=1S/C15H11F3N2O/c16-15(17,18)12-3-1-9(2-4-12)11-7-10-5-6-19-14(21)13(10)20-8-11/h1-4,7-8H,5-6H2,(H,19,21). The van der Waals surface area contributed by atoms with Crippen LogP contribution < -0.4 is 5.32 Å². The number of nitrogens with one attached hydrogen (secondary N) is 1. The van der Waals surface area contributed by atoms with Crippen molar-refractivity contribution in [2.24, 2.45) is 0 Å². The molecule has 2 heterocycles. The highest BCUT2D eigenvalue weighted by Crippen LogP contribution is 2.31. The zero-order valence-electron chi connectivity index (χ0n) is 10.9. The Morgan fingerprint density at radius 2 is 1.81 bits per heavy atom. The third-order valence-electron chi connectivity index (χ3n) is 3.41. The van der Waals surface area contributed by atoms with Gasteiger partial charge in [0, 0.05) is 18.3 Å². The van der Waals surface area contributed by atoms with Crippen LogP contribution in [0.1, 0.15) is 21.6 Å². The van der Waals surface area contributed by atoms with E-state index < -0.39 is 11.7 Å². The molecule has 0 spiro atoms. The Balaban J connectivity index is 1.96. The number of aromatic nitrogens is 1. The number of rotatable bonds is 1. The molecule has 1 aliphatic heterocycles. The first-order valence-corrected chi connectivity index (χ1v) is 6.40. The van der Waals surface area contributed by atoms with E-state index >= 15 is 0 Å². The lowest BCUT2D eigenvalue weighted by Crippen LogP contribution is -2.32. The number of carbonyl (C=O) groups is 1. The number of nitrogens with zero attached hydrogens (tertiary/aromatic N) is 1. The number of hydrogen-bond donors (Lipinski definition) is 1. The molecule has 1 aromatic carbocycles. The van der Waals surface area contributed by atoms with Gasteiger partial charge in [0.15, 0.2) is 0 Å². The third-order valence-corrected chi connectivity index (χ3v) is 3.41. The molecule has 0 atom stereocenters. The van der Waals surface area contributed by atoms with Gasteiger partial charge in [-0.2, -0.15) is 13.2 Å². The topological polar surface area (TPSA) is 42.0 Å². The summed E-state index contributed by atoms with van der Waals surface area (Å²) in [5.74, 6) is -0.213. The Kier molecular flexibility index (Phi) is 3.16. The van der Waals surface area contributed by atoms with Crippen molar-refractivity contribution in [1.82, 2.24) is 10.3 Å². The van der Waals surface area contributed by atoms with E-state index in [9.17, 15) is 18.0 Å². The molecule has 108 valence electrons. The molecule has 0 bridgehead atoms. The number of benzene rings is 1. The second-order valence-electron chi connectivity index (χ2n) is 4.81. The Labute approximate surface area is 118 Å². The summed E-state index contributed by atoms with van der Waals surface area (Å²) in [5.41, 5.74) is 1.87. The molecule has 1 aromatic heterocycles. The van der Waals surface area contributed by atoms with Gasteiger partial charge >= 0.3 is 6.18 Å². The molecule has 0 saturated carbocycles. The summed E-state index contributed by atoms with van der Waals surface area (Å²) in [6, 6.07) is 6.72. The Bertz CT molecular complexity index is 693. The largest absolute Gasteiger partial charge is 0.416 e. The summed E-state index contributed by atoms with van der Waals surface area (Å²) >= 11 is 0. The van der Waals surface area contributed by atoms with Gasteiger partial charge in [0.25, 0.3) is 5.91 Å². The van der Waals surface area contributed by atoms with Crippen molar-refractivity contribution in [2.75, 3.05) is 6.54 Å². The van der Waals surface area contributed by atoms with Crippen LogP contribution in [-0.2, 0) is 12.6 Å². The molecule has 0 radical (unpaired) electrons. The summed E-state index contributed by atoms with van der Waals surface area (Å²) in [7, 11) is 0. The minimum absolute atomic E-state index is 0.213. The highest BCUT2D eigenvalue weighted by atomic mass is 19.4. The predicted molar refractivity (Wildman–Crippen MR) is 70.7 cm³/mol. The van der Waals surface area contributed by atoms with Gasteiger partial charge in [-0.15, -0.1) is 0 Å². The molecule has 1 amide bonds. The maximum atomic E-state index is 12.5. The van der Waals surface area contributed by atoms with Crippen LogP contribution in [0.15, 0.2) is 36.5 Å². The van der Waals surface area contributed by atoms with Crippen LogP contribution in [0.2, 0.25) is 0 Å². The normalized spacial score (nSPS) is 14.5. The van der Waals surface area contributed by atoms with Gasteiger partial charge in [0.2, 0.25) is 0 Å². The molecular formula is C15H11F3N2O. The molecule has 3 nitrogen and oxygen atoms in total. The van der Waals surface area contributed by atoms with Gasteiger partial charge in [-0.1, -0.05) is 12.1 Å². The van der Waals surface area contributed by atoms with Crippen molar-refractivity contribution in [1.29, 1.82) is 0 Å². The van der Waals surface area contributed by atoms with Crippen LogP contribution in [0.4, 0.5) is 13.2 Å². The van der Waals surface area contributed by atoms with Crippen molar-refractivity contribution < 1.29 is 18.0 Å². The van der Waals surface area contributed by atoms with Gasteiger partial charge < -0.3 is 5.32 Å². The summed E-state index contributed by atoms with van der Waals surface area (Å²) in [4.78, 5) is 15.7. The number of carbonyl (C=O) groups excluding carboxylic acids is 1. The Hall–Kier alpha value is -2.37. The van der Waals surface area contributed by atoms with E-state index in [0.717, 1.165) is 17.7 Å². The van der Waals surface area contributed by atoms with Crippen LogP contribution in [0.3, 0.4) is 0 Å². The number of fused-ring (bicyclic) bond motifs is 1. The van der Waals surface area contributed by atoms with Crippen LogP contribution in [-0.4, -0.2) is 17.4 Å². The highest BCUT2D eigenvalue weighted by molar-refractivity contribution is 5.95. The van der Waals surface area contributed by atoms with Crippen molar-refractivity contribution in [3.05, 3.63) is 53.3 Å². The van der Waals surface area contributed by atoms with E-state index in [1.165, 1.54) is 18.3 Å². The molecule has 3 rings (SSSR count). The quantitative estimate of drug-likeness (QED) is 0.877. The summed E-state index contributed by atoms with van der Waals surface area (Å²) in [5, 5.41) is 2.70. The van der Waals surface area contributed by atoms with Gasteiger partial charge in [0.05, 0.1) is 5.56 Å². The molecule has 1 N–H and O–H groups in total. The molecular weight excluding hydrogens is 281 g/mol. The first-order chi connectivity index (χ1) is 9.95. The minimum Gasteiger partial charge on any atom is -0.350 e. The second kappa shape index (κ2) is 4.87. The van der Waals surface area contributed by atoms with Crippen LogP contribution in [0, 0.1) is 0 Å². The van der Waals surface area contributed by atoms with E-state index in [1.807, 2.05) is 6.07 Å². The lowest BCUT2D eigenvalue weighted by molar-refractivity contribution is -0.137. The average molecular weight is 292 g/mol. The molecule has 1 aliphatic rings. The van der Waals surface area contributed by atoms with E-state index in [2.05, 4.69) is 10.3 Å². The maximum Gasteiger partial charge on any atom is 0.416 e. The monoisotopic (exact) mass is 292 g/mol. The molecule has 21 heavy (non-hydrogen) atoms. The highest BCUT2D eigenvalue weighted by Gasteiger charge is 2.30. The van der Waals surface area contributed by atoms with Gasteiger partial charge in [-0.3, -0.25) is 9.78 Å². The van der Waals surface area contributed by atoms with Crippen molar-refractivity contribution in [3.63, 3.8) is 0 Å². The zero-order chi connectivity index (χ0) is 15.0. The fourth-order valence-corrected chi connectivity index (χ4v) is 2.31. The van der Waals surface area contributed by atoms with Gasteiger partial charge in [0.1, 0.15) is 5.69 Å². The lowest BCUT2D eigenvalue weighted by atomic mass is 9.99. The molecule has 0 fully saturated rings. The smallest absolute Gasteiger partial charge is 0.350 e. The van der Waals surface area contributed by atoms with Crippen molar-refractivity contribution in [2.45, 2.75) is 12.6 Å². The average Bonchev–Trinajstić information content (AvgIpc) is 2.46. The SMILES string of the molecule is O=C1NCCc2cc(-c3ccc(C(F)(F)F)cc3)cnc21. The van der Waals surface area contributed by atoms with E-state index in [4.69, 9.17) is 0 Å². The molecule has 0 aliphatic carbocycles. The first kappa shape index (κ1) is 13.6.